The molecule has 4 aliphatic rings. The average molecular weight is 717 g/mol. The van der Waals surface area contributed by atoms with Crippen LogP contribution in [0.15, 0.2) is 18.2 Å². The molecule has 1 spiro atoms. The number of nitriles is 1. The van der Waals surface area contributed by atoms with Gasteiger partial charge in [0, 0.05) is 23.9 Å². The van der Waals surface area contributed by atoms with Crippen molar-refractivity contribution in [2.75, 3.05) is 38.5 Å². The summed E-state index contributed by atoms with van der Waals surface area (Å²) < 4.78 is 104. The number of alkyl halides is 4. The van der Waals surface area contributed by atoms with Crippen molar-refractivity contribution < 1.29 is 35.8 Å². The van der Waals surface area contributed by atoms with Crippen molar-refractivity contribution in [2.45, 2.75) is 75.4 Å². The topological polar surface area (TPSA) is 109 Å². The summed E-state index contributed by atoms with van der Waals surface area (Å²) in [6.45, 7) is 2.71. The molecule has 15 heteroatoms. The molecule has 3 unspecified atom stereocenters. The first kappa shape index (κ1) is 33.3. The number of halogens is 6. The van der Waals surface area contributed by atoms with E-state index in [4.69, 9.17) is 15.2 Å². The Labute approximate surface area is 287 Å². The molecule has 2 aromatic carbocycles. The Morgan fingerprint density at radius 2 is 1.92 bits per heavy atom. The maximum atomic E-state index is 17.0. The second-order valence-corrected chi connectivity index (χ2v) is 15.2. The van der Waals surface area contributed by atoms with Crippen LogP contribution in [0.3, 0.4) is 0 Å². The van der Waals surface area contributed by atoms with E-state index in [-0.39, 0.29) is 74.6 Å². The number of hydrogen-bond acceptors (Lipinski definition) is 9. The van der Waals surface area contributed by atoms with Crippen LogP contribution in [0.25, 0.3) is 32.1 Å². The third-order valence-electron chi connectivity index (χ3n) is 11.2. The van der Waals surface area contributed by atoms with Crippen LogP contribution in [0, 0.1) is 28.4 Å². The third kappa shape index (κ3) is 5.50. The maximum Gasteiger partial charge on any atom is 0.417 e. The molecule has 3 saturated heterocycles. The fourth-order valence-corrected chi connectivity index (χ4v) is 9.75. The van der Waals surface area contributed by atoms with Crippen molar-refractivity contribution in [1.29, 1.82) is 5.26 Å². The number of fused-ring (bicyclic) bond motifs is 3. The standard InChI is InChI=1S/C35H34F6N6O2S/c36-18-13-34(5-1-11-47(34)16-18)17-48-32-45-28-21(31(46-32)49-19-4-6-33(14-19)7-9-44-10-8-33)12-23(35(39,40)41)26(27(28)38)20-2-3-24(37)29-25(20)22(15-42)30(43)50-29/h2-3,12,18-19,44H,1,4-11,13-14,16-17,43H2. The smallest absolute Gasteiger partial charge is 0.417 e. The normalized spacial score (nSPS) is 25.1. The SMILES string of the molecule is N#Cc1c(N)sc2c(F)ccc(-c3c(C(F)(F)F)cc4c(OC5CCC6(CCNCC6)C5)nc(OCC56CCCN5CC(F)C6)nc4c3F)c12. The number of nitrogens with one attached hydrogen (secondary N) is 1. The van der Waals surface area contributed by atoms with Gasteiger partial charge in [0.05, 0.1) is 26.8 Å². The summed E-state index contributed by atoms with van der Waals surface area (Å²) in [5.74, 6) is -2.41. The zero-order valence-corrected chi connectivity index (χ0v) is 27.8. The van der Waals surface area contributed by atoms with Crippen molar-refractivity contribution in [2.24, 2.45) is 5.41 Å². The summed E-state index contributed by atoms with van der Waals surface area (Å²) in [5.41, 5.74) is 2.03. The molecule has 264 valence electrons. The predicted molar refractivity (Wildman–Crippen MR) is 176 cm³/mol. The molecule has 0 radical (unpaired) electrons. The van der Waals surface area contributed by atoms with Crippen LogP contribution in [-0.4, -0.2) is 65.5 Å². The minimum Gasteiger partial charge on any atom is -0.474 e. The van der Waals surface area contributed by atoms with Crippen LogP contribution in [0.2, 0.25) is 0 Å². The van der Waals surface area contributed by atoms with Gasteiger partial charge in [0.15, 0.2) is 5.82 Å². The lowest BCUT2D eigenvalue weighted by Gasteiger charge is -2.33. The van der Waals surface area contributed by atoms with Gasteiger partial charge in [-0.2, -0.15) is 28.4 Å². The van der Waals surface area contributed by atoms with E-state index in [1.807, 2.05) is 11.0 Å². The van der Waals surface area contributed by atoms with Gasteiger partial charge in [0.1, 0.15) is 41.3 Å². The number of anilines is 1. The van der Waals surface area contributed by atoms with Gasteiger partial charge >= 0.3 is 12.2 Å². The molecule has 2 aromatic heterocycles. The number of aromatic nitrogens is 2. The molecule has 4 aromatic rings. The predicted octanol–water partition coefficient (Wildman–Crippen LogP) is 7.52. The second kappa shape index (κ2) is 12.1. The molecule has 1 saturated carbocycles. The third-order valence-corrected chi connectivity index (χ3v) is 12.2. The lowest BCUT2D eigenvalue weighted by atomic mass is 9.77. The minimum absolute atomic E-state index is 0.00527. The van der Waals surface area contributed by atoms with Crippen molar-refractivity contribution in [3.63, 3.8) is 0 Å². The van der Waals surface area contributed by atoms with E-state index >= 15 is 4.39 Å². The Hall–Kier alpha value is -3.87. The largest absolute Gasteiger partial charge is 0.474 e. The number of ether oxygens (including phenoxy) is 2. The molecular formula is C35H34F6N6O2S. The summed E-state index contributed by atoms with van der Waals surface area (Å²) in [7, 11) is 0. The molecule has 4 fully saturated rings. The summed E-state index contributed by atoms with van der Waals surface area (Å²) in [5, 5.41) is 12.6. The highest BCUT2D eigenvalue weighted by atomic mass is 32.1. The van der Waals surface area contributed by atoms with E-state index in [0.29, 0.717) is 37.1 Å². The number of hydrogen-bond donors (Lipinski definition) is 2. The Kier molecular flexibility index (Phi) is 8.07. The van der Waals surface area contributed by atoms with Gasteiger partial charge in [-0.1, -0.05) is 6.07 Å². The lowest BCUT2D eigenvalue weighted by molar-refractivity contribution is -0.137. The Bertz CT molecular complexity index is 2040. The summed E-state index contributed by atoms with van der Waals surface area (Å²) in [6.07, 6.45) is -0.628. The fraction of sp³-hybridized carbons (Fsp3) is 0.514. The van der Waals surface area contributed by atoms with Gasteiger partial charge in [-0.15, -0.1) is 11.3 Å². The molecule has 0 bridgehead atoms. The van der Waals surface area contributed by atoms with Crippen molar-refractivity contribution in [3.05, 3.63) is 41.0 Å². The number of nitrogen functional groups attached to an aromatic ring is 1. The quantitative estimate of drug-likeness (QED) is 0.197. The van der Waals surface area contributed by atoms with E-state index in [9.17, 15) is 27.2 Å². The van der Waals surface area contributed by atoms with Gasteiger partial charge in [-0.25, -0.2) is 13.2 Å². The summed E-state index contributed by atoms with van der Waals surface area (Å²) >= 11 is 0.695. The first-order valence-electron chi connectivity index (χ1n) is 16.8. The lowest BCUT2D eigenvalue weighted by Crippen LogP contribution is -2.43. The second-order valence-electron chi connectivity index (χ2n) is 14.2. The van der Waals surface area contributed by atoms with Crippen LogP contribution in [-0.2, 0) is 6.18 Å². The van der Waals surface area contributed by atoms with E-state index in [0.717, 1.165) is 57.0 Å². The van der Waals surface area contributed by atoms with Crippen LogP contribution >= 0.6 is 11.3 Å². The highest BCUT2D eigenvalue weighted by Gasteiger charge is 2.49. The first-order valence-corrected chi connectivity index (χ1v) is 17.6. The molecule has 3 aliphatic heterocycles. The fourth-order valence-electron chi connectivity index (χ4n) is 8.80. The van der Waals surface area contributed by atoms with Crippen molar-refractivity contribution >= 4 is 37.3 Å². The molecule has 50 heavy (non-hydrogen) atoms. The zero-order chi connectivity index (χ0) is 35.0. The molecule has 5 heterocycles. The van der Waals surface area contributed by atoms with E-state index in [1.54, 1.807) is 0 Å². The van der Waals surface area contributed by atoms with E-state index in [1.165, 1.54) is 0 Å². The van der Waals surface area contributed by atoms with Crippen LogP contribution in [0.1, 0.15) is 62.5 Å². The van der Waals surface area contributed by atoms with Crippen LogP contribution in [0.5, 0.6) is 11.9 Å². The molecular weight excluding hydrogens is 682 g/mol. The van der Waals surface area contributed by atoms with E-state index in [2.05, 4.69) is 15.3 Å². The Morgan fingerprint density at radius 3 is 2.68 bits per heavy atom. The number of benzene rings is 2. The zero-order valence-electron chi connectivity index (χ0n) is 26.9. The monoisotopic (exact) mass is 716 g/mol. The van der Waals surface area contributed by atoms with E-state index < -0.39 is 46.2 Å². The first-order chi connectivity index (χ1) is 23.9. The maximum absolute atomic E-state index is 17.0. The van der Waals surface area contributed by atoms with Crippen LogP contribution < -0.4 is 20.5 Å². The summed E-state index contributed by atoms with van der Waals surface area (Å²) in [6, 6.07) is 4.21. The summed E-state index contributed by atoms with van der Waals surface area (Å²) in [4.78, 5) is 10.8. The minimum atomic E-state index is -5.09. The number of rotatable bonds is 6. The number of thiophene rings is 1. The van der Waals surface area contributed by atoms with Gasteiger partial charge in [0.2, 0.25) is 5.88 Å². The highest BCUT2D eigenvalue weighted by molar-refractivity contribution is 7.23. The Morgan fingerprint density at radius 1 is 1.12 bits per heavy atom. The van der Waals surface area contributed by atoms with Gasteiger partial charge in [-0.05, 0) is 87.7 Å². The number of nitrogens with zero attached hydrogens (tertiary/aromatic N) is 4. The molecule has 3 atom stereocenters. The molecule has 8 rings (SSSR count). The molecule has 8 nitrogen and oxygen atoms in total. The highest BCUT2D eigenvalue weighted by Crippen LogP contribution is 2.50. The Balaban J connectivity index is 1.29. The number of nitrogens with two attached hydrogens (primary N) is 1. The van der Waals surface area contributed by atoms with Crippen molar-refractivity contribution in [1.82, 2.24) is 20.2 Å². The van der Waals surface area contributed by atoms with Crippen LogP contribution in [0.4, 0.5) is 31.3 Å². The average Bonchev–Trinajstić information content (AvgIpc) is 3.82. The van der Waals surface area contributed by atoms with Gasteiger partial charge < -0.3 is 20.5 Å². The van der Waals surface area contributed by atoms with Crippen molar-refractivity contribution in [3.8, 4) is 29.1 Å². The molecule has 3 N–H and O–H groups in total. The van der Waals surface area contributed by atoms with Gasteiger partial charge in [-0.3, -0.25) is 4.90 Å². The molecule has 1 aliphatic carbocycles. The molecule has 0 amide bonds. The van der Waals surface area contributed by atoms with Gasteiger partial charge in [0.25, 0.3) is 0 Å². The number of piperidine rings is 1.